The summed E-state index contributed by atoms with van der Waals surface area (Å²) in [6.45, 7) is 7.10. The van der Waals surface area contributed by atoms with Crippen LogP contribution in [0.5, 0.6) is 17.2 Å². The van der Waals surface area contributed by atoms with Crippen molar-refractivity contribution in [1.29, 1.82) is 0 Å². The molecule has 1 heterocycles. The highest BCUT2D eigenvalue weighted by Crippen LogP contribution is 2.52. The number of phenols is 3. The minimum atomic E-state index is -1.63. The third kappa shape index (κ3) is 6.73. The largest absolute Gasteiger partial charge is 0.619 e. The number of hydrogen-bond acceptors (Lipinski definition) is 7. The number of rotatable bonds is 11. The number of phenolic OH excluding ortho intramolecular Hbond substituents is 3. The first-order chi connectivity index (χ1) is 18.9. The molecule has 40 heavy (non-hydrogen) atoms. The summed E-state index contributed by atoms with van der Waals surface area (Å²) in [7, 11) is 0. The molecule has 2 aromatic carbocycles. The maximum atomic E-state index is 14.4. The normalized spacial score (nSPS) is 17.9. The lowest BCUT2D eigenvalue weighted by molar-refractivity contribution is -0.135. The number of carboxylic acid groups (broad SMARTS) is 1. The third-order valence-corrected chi connectivity index (χ3v) is 7.17. The molecule has 2 aromatic rings. The number of anilines is 2. The molecule has 0 saturated carbocycles. The van der Waals surface area contributed by atoms with Crippen LogP contribution in [0.1, 0.15) is 70.2 Å². The molecule has 1 amide bonds. The zero-order chi connectivity index (χ0) is 29.6. The fourth-order valence-corrected chi connectivity index (χ4v) is 4.74. The number of carboxylic acids is 1. The Labute approximate surface area is 234 Å². The summed E-state index contributed by atoms with van der Waals surface area (Å²) >= 11 is 0. The van der Waals surface area contributed by atoms with E-state index in [9.17, 15) is 35.2 Å². The molecule has 4 N–H and O–H groups in total. The Morgan fingerprint density at radius 2 is 1.55 bits per heavy atom. The van der Waals surface area contributed by atoms with Gasteiger partial charge >= 0.3 is 11.9 Å². The van der Waals surface area contributed by atoms with Crippen LogP contribution in [0, 0.1) is 5.21 Å². The van der Waals surface area contributed by atoms with Crippen molar-refractivity contribution in [2.45, 2.75) is 59.8 Å². The number of benzene rings is 2. The molecule has 0 fully saturated rings. The van der Waals surface area contributed by atoms with Gasteiger partial charge in [0.25, 0.3) is 0 Å². The van der Waals surface area contributed by atoms with Gasteiger partial charge in [0.2, 0.25) is 0 Å². The minimum absolute atomic E-state index is 0.191. The Morgan fingerprint density at radius 1 is 0.925 bits per heavy atom. The van der Waals surface area contributed by atoms with Gasteiger partial charge in [-0.15, -0.1) is 0 Å². The Kier molecular flexibility index (Phi) is 9.78. The van der Waals surface area contributed by atoms with Gasteiger partial charge in [0.1, 0.15) is 47.3 Å². The van der Waals surface area contributed by atoms with Crippen LogP contribution in [0.15, 0.2) is 65.3 Å². The number of quaternary nitrogens is 1. The predicted octanol–water partition coefficient (Wildman–Crippen LogP) is 6.79. The zero-order valence-electron chi connectivity index (χ0n) is 23.5. The molecule has 1 aliphatic heterocycles. The topological polar surface area (TPSA) is 141 Å². The van der Waals surface area contributed by atoms with Crippen molar-refractivity contribution in [2.75, 3.05) is 18.0 Å². The Balaban J connectivity index is 1.96. The van der Waals surface area contributed by atoms with Crippen molar-refractivity contribution < 1.29 is 30.0 Å². The monoisotopic (exact) mass is 550 g/mol. The molecule has 214 valence electrons. The SMILES string of the molecule is CC/C(C)=C\CC/C(C)=C/CC/C(C)=C/C[N+]1([O-])C(=O)c2cccc(O)c2N(CC(=O)O)c2c(O)cc(O)cc21. The number of hydroxylamine groups is 2. The molecule has 0 aliphatic carbocycles. The molecule has 9 heteroatoms. The van der Waals surface area contributed by atoms with Gasteiger partial charge in [-0.3, -0.25) is 9.44 Å². The molecule has 0 radical (unpaired) electrons. The fourth-order valence-electron chi connectivity index (χ4n) is 4.74. The molecule has 1 aliphatic rings. The van der Waals surface area contributed by atoms with E-state index >= 15 is 0 Å². The van der Waals surface area contributed by atoms with Gasteiger partial charge < -0.3 is 30.5 Å². The summed E-state index contributed by atoms with van der Waals surface area (Å²) < 4.78 is -1.63. The quantitative estimate of drug-likeness (QED) is 0.136. The van der Waals surface area contributed by atoms with Gasteiger partial charge in [-0.2, -0.15) is 0 Å². The van der Waals surface area contributed by atoms with Crippen LogP contribution in [-0.2, 0) is 4.79 Å². The van der Waals surface area contributed by atoms with E-state index in [-0.39, 0.29) is 29.2 Å². The van der Waals surface area contributed by atoms with Crippen molar-refractivity contribution in [3.05, 3.63) is 76.0 Å². The van der Waals surface area contributed by atoms with E-state index in [1.807, 2.05) is 6.92 Å². The molecule has 1 atom stereocenters. The summed E-state index contributed by atoms with van der Waals surface area (Å²) in [6.07, 6.45) is 10.5. The van der Waals surface area contributed by atoms with Crippen molar-refractivity contribution in [3.8, 4) is 17.2 Å². The first-order valence-electron chi connectivity index (χ1n) is 13.4. The number of para-hydroxylation sites is 1. The fraction of sp³-hybridized carbons (Fsp3) is 0.355. The molecule has 0 spiro atoms. The molecular weight excluding hydrogens is 512 g/mol. The van der Waals surface area contributed by atoms with E-state index in [0.717, 1.165) is 48.3 Å². The van der Waals surface area contributed by atoms with E-state index in [2.05, 4.69) is 32.9 Å². The Morgan fingerprint density at radius 3 is 2.17 bits per heavy atom. The van der Waals surface area contributed by atoms with Gasteiger partial charge in [0, 0.05) is 12.1 Å². The van der Waals surface area contributed by atoms with Gasteiger partial charge in [-0.05, 0) is 71.1 Å². The molecular formula is C31H38N2O7. The number of carbonyl (C=O) groups is 2. The second kappa shape index (κ2) is 12.8. The molecule has 0 bridgehead atoms. The summed E-state index contributed by atoms with van der Waals surface area (Å²) in [5, 5.41) is 55.7. The van der Waals surface area contributed by atoms with Crippen LogP contribution in [0.4, 0.5) is 17.1 Å². The van der Waals surface area contributed by atoms with E-state index in [1.165, 1.54) is 29.3 Å². The number of hydrogen-bond donors (Lipinski definition) is 4. The minimum Gasteiger partial charge on any atom is -0.619 e. The standard InChI is InChI=1S/C31H38N2O7/c1-5-20(2)9-6-10-21(3)11-7-12-22(4)15-16-33(40)25-17-23(34)18-27(36)30(25)32(19-28(37)38)29-24(31(33)39)13-8-14-26(29)35/h8-9,11,13-15,17-18,34-36H,5-7,10,12,16,19H2,1-4H3,(H,37,38)/b20-9-,21-11+,22-15+. The second-order valence-electron chi connectivity index (χ2n) is 10.3. The maximum Gasteiger partial charge on any atom is 0.353 e. The van der Waals surface area contributed by atoms with E-state index in [0.29, 0.717) is 6.42 Å². The lowest BCUT2D eigenvalue weighted by atomic mass is 10.1. The van der Waals surface area contributed by atoms with Crippen LogP contribution in [0.2, 0.25) is 0 Å². The predicted molar refractivity (Wildman–Crippen MR) is 157 cm³/mol. The first-order valence-corrected chi connectivity index (χ1v) is 13.4. The number of nitrogens with zero attached hydrogens (tertiary/aromatic N) is 2. The Hall–Kier alpha value is -4.08. The molecule has 1 unspecified atom stereocenters. The van der Waals surface area contributed by atoms with Crippen LogP contribution >= 0.6 is 0 Å². The number of allylic oxidation sites excluding steroid dienone is 5. The molecule has 0 aromatic heterocycles. The average Bonchev–Trinajstić information content (AvgIpc) is 2.96. The maximum absolute atomic E-state index is 14.4. The van der Waals surface area contributed by atoms with Crippen LogP contribution in [0.25, 0.3) is 0 Å². The van der Waals surface area contributed by atoms with Gasteiger partial charge in [0.05, 0.1) is 0 Å². The van der Waals surface area contributed by atoms with E-state index in [1.54, 1.807) is 6.08 Å². The van der Waals surface area contributed by atoms with Crippen molar-refractivity contribution in [2.24, 2.45) is 0 Å². The van der Waals surface area contributed by atoms with Crippen molar-refractivity contribution in [3.63, 3.8) is 0 Å². The van der Waals surface area contributed by atoms with Gasteiger partial charge in [-0.25, -0.2) is 4.79 Å². The number of fused-ring (bicyclic) bond motifs is 2. The lowest BCUT2D eigenvalue weighted by Crippen LogP contribution is -2.48. The highest BCUT2D eigenvalue weighted by atomic mass is 16.6. The first kappa shape index (κ1) is 30.5. The van der Waals surface area contributed by atoms with Crippen molar-refractivity contribution in [1.82, 2.24) is 4.65 Å². The number of amides is 1. The van der Waals surface area contributed by atoms with Gasteiger partial charge in [-0.1, -0.05) is 41.9 Å². The molecule has 3 rings (SSSR count). The summed E-state index contributed by atoms with van der Waals surface area (Å²) in [5.74, 6) is -3.75. The van der Waals surface area contributed by atoms with Crippen LogP contribution in [0.3, 0.4) is 0 Å². The third-order valence-electron chi connectivity index (χ3n) is 7.17. The summed E-state index contributed by atoms with van der Waals surface area (Å²) in [4.78, 5) is 26.6. The lowest BCUT2D eigenvalue weighted by Gasteiger charge is -2.38. The van der Waals surface area contributed by atoms with E-state index in [4.69, 9.17) is 0 Å². The molecule has 0 saturated heterocycles. The highest BCUT2D eigenvalue weighted by Gasteiger charge is 2.43. The highest BCUT2D eigenvalue weighted by molar-refractivity contribution is 6.13. The number of aromatic hydroxyl groups is 3. The van der Waals surface area contributed by atoms with E-state index < -0.39 is 40.3 Å². The summed E-state index contributed by atoms with van der Waals surface area (Å²) in [6, 6.07) is 6.01. The summed E-state index contributed by atoms with van der Waals surface area (Å²) in [5.41, 5.74) is 2.55. The Bertz CT molecular complexity index is 1380. The van der Waals surface area contributed by atoms with Gasteiger partial charge in [0.15, 0.2) is 5.69 Å². The zero-order valence-corrected chi connectivity index (χ0v) is 23.5. The van der Waals surface area contributed by atoms with Crippen LogP contribution in [-0.4, -0.2) is 45.4 Å². The smallest absolute Gasteiger partial charge is 0.353 e. The molecule has 9 nitrogen and oxygen atoms in total. The second-order valence-corrected chi connectivity index (χ2v) is 10.3. The number of carbonyl (C=O) groups excluding carboxylic acids is 1. The number of aliphatic carboxylic acids is 1. The van der Waals surface area contributed by atoms with Crippen molar-refractivity contribution >= 4 is 28.9 Å². The average molecular weight is 551 g/mol. The van der Waals surface area contributed by atoms with Crippen LogP contribution < -0.4 is 9.55 Å².